The number of aromatic nitrogens is 4. The van der Waals surface area contributed by atoms with Gasteiger partial charge in [0.05, 0.1) is 23.2 Å². The monoisotopic (exact) mass is 461 g/mol. The molecule has 10 heteroatoms. The number of nitrogens with one attached hydrogen (secondary N) is 1. The van der Waals surface area contributed by atoms with Crippen LogP contribution >= 0.6 is 0 Å². The van der Waals surface area contributed by atoms with E-state index in [0.29, 0.717) is 53.1 Å². The number of carboxylic acid groups (broad SMARTS) is 1. The van der Waals surface area contributed by atoms with Gasteiger partial charge in [-0.1, -0.05) is 24.3 Å². The van der Waals surface area contributed by atoms with Crippen molar-refractivity contribution in [1.82, 2.24) is 24.6 Å². The molecule has 34 heavy (non-hydrogen) atoms. The molecular formula is C24H20FN5O4. The van der Waals surface area contributed by atoms with Crippen LogP contribution < -0.4 is 5.56 Å². The first-order chi connectivity index (χ1) is 16.3. The van der Waals surface area contributed by atoms with Crippen LogP contribution in [-0.4, -0.2) is 48.2 Å². The molecule has 0 fully saturated rings. The number of benzene rings is 2. The van der Waals surface area contributed by atoms with Crippen molar-refractivity contribution in [1.29, 1.82) is 0 Å². The van der Waals surface area contributed by atoms with Crippen LogP contribution in [0.2, 0.25) is 0 Å². The third-order valence-corrected chi connectivity index (χ3v) is 6.12. The number of carboxylic acids is 1. The number of rotatable bonds is 4. The maximum absolute atomic E-state index is 14.7. The largest absolute Gasteiger partial charge is 0.476 e. The molecule has 0 atom stereocenters. The van der Waals surface area contributed by atoms with E-state index in [4.69, 9.17) is 0 Å². The summed E-state index contributed by atoms with van der Waals surface area (Å²) in [5, 5.41) is 17.1. The highest BCUT2D eigenvalue weighted by Crippen LogP contribution is 2.22. The van der Waals surface area contributed by atoms with Gasteiger partial charge in [-0.05, 0) is 30.7 Å². The van der Waals surface area contributed by atoms with Crippen LogP contribution in [0.25, 0.3) is 10.8 Å². The lowest BCUT2D eigenvalue weighted by Gasteiger charge is -2.28. The summed E-state index contributed by atoms with van der Waals surface area (Å²) in [6.45, 7) is 2.44. The number of aromatic carboxylic acids is 1. The number of aromatic amines is 1. The molecule has 1 aliphatic heterocycles. The van der Waals surface area contributed by atoms with E-state index in [9.17, 15) is 23.9 Å². The molecule has 9 nitrogen and oxygen atoms in total. The maximum Gasteiger partial charge on any atom is 0.356 e. The Balaban J connectivity index is 1.43. The van der Waals surface area contributed by atoms with Gasteiger partial charge in [0.2, 0.25) is 0 Å². The van der Waals surface area contributed by atoms with Crippen LogP contribution in [0.1, 0.15) is 43.6 Å². The fourth-order valence-corrected chi connectivity index (χ4v) is 4.37. The molecule has 0 saturated heterocycles. The maximum atomic E-state index is 14.7. The number of H-pyrrole nitrogens is 1. The highest BCUT2D eigenvalue weighted by atomic mass is 19.1. The number of carbonyl (C=O) groups is 2. The number of carbonyl (C=O) groups excluding carboxylic acids is 1. The van der Waals surface area contributed by atoms with Gasteiger partial charge in [-0.3, -0.25) is 9.59 Å². The summed E-state index contributed by atoms with van der Waals surface area (Å²) in [5.74, 6) is -1.82. The smallest absolute Gasteiger partial charge is 0.356 e. The molecule has 0 bridgehead atoms. The summed E-state index contributed by atoms with van der Waals surface area (Å²) < 4.78 is 16.5. The van der Waals surface area contributed by atoms with Crippen LogP contribution in [0.3, 0.4) is 0 Å². The first-order valence-corrected chi connectivity index (χ1v) is 10.7. The number of amides is 1. The van der Waals surface area contributed by atoms with Crippen LogP contribution in [0.5, 0.6) is 0 Å². The number of nitrogens with zero attached hydrogens (tertiary/aromatic N) is 4. The van der Waals surface area contributed by atoms with Gasteiger partial charge in [-0.15, -0.1) is 0 Å². The average molecular weight is 461 g/mol. The Morgan fingerprint density at radius 1 is 1.15 bits per heavy atom. The Hall–Kier alpha value is -4.34. The lowest BCUT2D eigenvalue weighted by molar-refractivity contribution is 0.0687. The van der Waals surface area contributed by atoms with E-state index in [1.54, 1.807) is 35.8 Å². The number of halogens is 1. The van der Waals surface area contributed by atoms with Crippen molar-refractivity contribution < 1.29 is 19.1 Å². The average Bonchev–Trinajstić information content (AvgIpc) is 3.18. The van der Waals surface area contributed by atoms with Gasteiger partial charge >= 0.3 is 5.97 Å². The molecule has 0 saturated carbocycles. The van der Waals surface area contributed by atoms with Crippen molar-refractivity contribution in [2.45, 2.75) is 26.4 Å². The standard InChI is InChI=1S/C24H20FN5O4/c1-13-21(24(33)34)26-20-12-29(8-9-30(13)20)23(32)17-10-14(6-7-18(17)25)11-19-15-4-2-3-5-16(15)22(31)28-27-19/h2-7,10H,8-9,11-12H2,1H3,(H,28,31)(H,33,34). The molecule has 5 rings (SSSR count). The zero-order valence-corrected chi connectivity index (χ0v) is 18.2. The molecular weight excluding hydrogens is 441 g/mol. The van der Waals surface area contributed by atoms with E-state index in [2.05, 4.69) is 15.2 Å². The zero-order valence-electron chi connectivity index (χ0n) is 18.2. The van der Waals surface area contributed by atoms with Gasteiger partial charge < -0.3 is 14.6 Å². The Kier molecular flexibility index (Phi) is 5.20. The predicted molar refractivity (Wildman–Crippen MR) is 120 cm³/mol. The van der Waals surface area contributed by atoms with E-state index in [1.807, 2.05) is 6.07 Å². The van der Waals surface area contributed by atoms with Crippen LogP contribution in [0.4, 0.5) is 4.39 Å². The molecule has 0 spiro atoms. The molecule has 2 aromatic carbocycles. The van der Waals surface area contributed by atoms with Gasteiger partial charge in [0.1, 0.15) is 11.6 Å². The first-order valence-electron chi connectivity index (χ1n) is 10.7. The van der Waals surface area contributed by atoms with Gasteiger partial charge in [0.15, 0.2) is 5.69 Å². The minimum Gasteiger partial charge on any atom is -0.476 e. The molecule has 0 unspecified atom stereocenters. The van der Waals surface area contributed by atoms with Crippen molar-refractivity contribution >= 4 is 22.6 Å². The Morgan fingerprint density at radius 3 is 2.68 bits per heavy atom. The van der Waals surface area contributed by atoms with E-state index >= 15 is 0 Å². The topological polar surface area (TPSA) is 121 Å². The number of hydrogen-bond donors (Lipinski definition) is 2. The van der Waals surface area contributed by atoms with E-state index in [-0.39, 0.29) is 23.4 Å². The van der Waals surface area contributed by atoms with Crippen molar-refractivity contribution in [2.24, 2.45) is 0 Å². The molecule has 172 valence electrons. The van der Waals surface area contributed by atoms with Crippen molar-refractivity contribution in [3.63, 3.8) is 0 Å². The van der Waals surface area contributed by atoms with E-state index in [1.165, 1.54) is 17.0 Å². The third-order valence-electron chi connectivity index (χ3n) is 6.12. The van der Waals surface area contributed by atoms with Crippen LogP contribution in [0.15, 0.2) is 47.3 Å². The Bertz CT molecular complexity index is 1520. The second kappa shape index (κ2) is 8.22. The number of hydrogen-bond acceptors (Lipinski definition) is 5. The molecule has 2 N–H and O–H groups in total. The molecule has 1 aliphatic rings. The van der Waals surface area contributed by atoms with Crippen molar-refractivity contribution in [3.05, 3.63) is 92.7 Å². The lowest BCUT2D eigenvalue weighted by atomic mass is 10.0. The second-order valence-corrected chi connectivity index (χ2v) is 8.18. The van der Waals surface area contributed by atoms with Gasteiger partial charge in [-0.2, -0.15) is 5.10 Å². The van der Waals surface area contributed by atoms with Crippen LogP contribution in [0, 0.1) is 12.7 Å². The van der Waals surface area contributed by atoms with Crippen LogP contribution in [-0.2, 0) is 19.5 Å². The van der Waals surface area contributed by atoms with E-state index in [0.717, 1.165) is 0 Å². The van der Waals surface area contributed by atoms with Gasteiger partial charge in [0.25, 0.3) is 11.5 Å². The minimum absolute atomic E-state index is 0.0434. The number of imidazole rings is 1. The highest BCUT2D eigenvalue weighted by molar-refractivity contribution is 5.95. The fourth-order valence-electron chi connectivity index (χ4n) is 4.37. The molecule has 0 aliphatic carbocycles. The quantitative estimate of drug-likeness (QED) is 0.482. The summed E-state index contributed by atoms with van der Waals surface area (Å²) in [7, 11) is 0. The second-order valence-electron chi connectivity index (χ2n) is 8.18. The van der Waals surface area contributed by atoms with Crippen molar-refractivity contribution in [2.75, 3.05) is 6.54 Å². The number of fused-ring (bicyclic) bond motifs is 2. The predicted octanol–water partition coefficient (Wildman–Crippen LogP) is 2.51. The fraction of sp³-hybridized carbons (Fsp3) is 0.208. The Morgan fingerprint density at radius 2 is 1.91 bits per heavy atom. The van der Waals surface area contributed by atoms with E-state index < -0.39 is 17.7 Å². The van der Waals surface area contributed by atoms with Gasteiger partial charge in [0, 0.05) is 30.6 Å². The molecule has 2 aromatic heterocycles. The first kappa shape index (κ1) is 21.5. The summed E-state index contributed by atoms with van der Waals surface area (Å²) in [6, 6.07) is 11.4. The summed E-state index contributed by atoms with van der Waals surface area (Å²) >= 11 is 0. The normalized spacial score (nSPS) is 13.2. The molecule has 1 amide bonds. The Labute approximate surface area is 192 Å². The lowest BCUT2D eigenvalue weighted by Crippen LogP contribution is -2.39. The summed E-state index contributed by atoms with van der Waals surface area (Å²) in [4.78, 5) is 42.2. The summed E-state index contributed by atoms with van der Waals surface area (Å²) in [6.07, 6.45) is 0.295. The zero-order chi connectivity index (χ0) is 24.0. The van der Waals surface area contributed by atoms with Gasteiger partial charge in [-0.25, -0.2) is 19.3 Å². The summed E-state index contributed by atoms with van der Waals surface area (Å²) in [5.41, 5.74) is 1.39. The molecule has 3 heterocycles. The minimum atomic E-state index is -1.13. The SMILES string of the molecule is Cc1c(C(=O)O)nc2n1CCN(C(=O)c1cc(Cc3n[nH]c(=O)c4ccccc34)ccc1F)C2. The molecule has 4 aromatic rings. The molecule has 0 radical (unpaired) electrons. The van der Waals surface area contributed by atoms with Crippen molar-refractivity contribution in [3.8, 4) is 0 Å². The highest BCUT2D eigenvalue weighted by Gasteiger charge is 2.28. The third kappa shape index (κ3) is 3.62.